The van der Waals surface area contributed by atoms with Crippen molar-refractivity contribution in [2.45, 2.75) is 13.0 Å². The van der Waals surface area contributed by atoms with E-state index >= 15 is 0 Å². The number of benzene rings is 1. The smallest absolute Gasteiger partial charge is 0.123 e. The Balaban J connectivity index is 1.72. The van der Waals surface area contributed by atoms with Gasteiger partial charge in [-0.3, -0.25) is 4.90 Å². The molecule has 0 aromatic heterocycles. The van der Waals surface area contributed by atoms with Gasteiger partial charge in [-0.15, -0.1) is 0 Å². The van der Waals surface area contributed by atoms with Crippen LogP contribution < -0.4 is 10.1 Å². The maximum absolute atomic E-state index is 12.7. The number of hydrogen-bond donors (Lipinski definition) is 1. The van der Waals surface area contributed by atoms with Crippen LogP contribution in [0.5, 0.6) is 5.75 Å². The summed E-state index contributed by atoms with van der Waals surface area (Å²) in [7, 11) is 0. The van der Waals surface area contributed by atoms with E-state index in [1.54, 1.807) is 12.1 Å². The number of hydrogen-bond acceptors (Lipinski definition) is 3. The van der Waals surface area contributed by atoms with Gasteiger partial charge in [0.25, 0.3) is 0 Å². The van der Waals surface area contributed by atoms with Crippen molar-refractivity contribution in [3.8, 4) is 5.75 Å². The van der Waals surface area contributed by atoms with E-state index in [4.69, 9.17) is 4.74 Å². The van der Waals surface area contributed by atoms with Crippen molar-refractivity contribution in [1.82, 2.24) is 10.2 Å². The second-order valence-corrected chi connectivity index (χ2v) is 4.24. The van der Waals surface area contributed by atoms with E-state index in [2.05, 4.69) is 17.1 Å². The number of rotatable bonds is 6. The fourth-order valence-corrected chi connectivity index (χ4v) is 1.94. The molecule has 4 heteroatoms. The molecule has 94 valence electrons. The number of nitrogens with zero attached hydrogens (tertiary/aromatic N) is 1. The largest absolute Gasteiger partial charge is 0.492 e. The van der Waals surface area contributed by atoms with Crippen molar-refractivity contribution in [1.29, 1.82) is 0 Å². The first kappa shape index (κ1) is 12.3. The summed E-state index contributed by atoms with van der Waals surface area (Å²) in [4.78, 5) is 2.40. The summed E-state index contributed by atoms with van der Waals surface area (Å²) in [6, 6.07) is 6.82. The maximum Gasteiger partial charge on any atom is 0.123 e. The molecule has 1 aromatic rings. The van der Waals surface area contributed by atoms with E-state index in [0.29, 0.717) is 12.6 Å². The predicted molar refractivity (Wildman–Crippen MR) is 65.8 cm³/mol. The van der Waals surface area contributed by atoms with Crippen LogP contribution in [0.4, 0.5) is 4.39 Å². The Morgan fingerprint density at radius 3 is 2.59 bits per heavy atom. The Morgan fingerprint density at radius 1 is 1.35 bits per heavy atom. The van der Waals surface area contributed by atoms with Crippen LogP contribution in [0.15, 0.2) is 24.3 Å². The molecule has 1 N–H and O–H groups in total. The Hall–Kier alpha value is -1.13. The molecule has 0 bridgehead atoms. The third-order valence-corrected chi connectivity index (χ3v) is 3.14. The first-order chi connectivity index (χ1) is 8.29. The van der Waals surface area contributed by atoms with Gasteiger partial charge < -0.3 is 10.1 Å². The standard InChI is InChI=1S/C13H19FN2O/c1-2-16(12-9-15-10-12)7-8-17-13-5-3-11(14)4-6-13/h3-6,12,15H,2,7-10H2,1H3. The topological polar surface area (TPSA) is 24.5 Å². The van der Waals surface area contributed by atoms with E-state index in [1.165, 1.54) is 12.1 Å². The van der Waals surface area contributed by atoms with Gasteiger partial charge in [-0.05, 0) is 30.8 Å². The average molecular weight is 238 g/mol. The molecule has 0 spiro atoms. The van der Waals surface area contributed by atoms with Crippen molar-refractivity contribution in [3.05, 3.63) is 30.1 Å². The highest BCUT2D eigenvalue weighted by atomic mass is 19.1. The first-order valence-corrected chi connectivity index (χ1v) is 6.12. The molecule has 0 unspecified atom stereocenters. The minimum Gasteiger partial charge on any atom is -0.492 e. The molecular formula is C13H19FN2O. The molecule has 1 aliphatic heterocycles. The van der Waals surface area contributed by atoms with Crippen LogP contribution in [0.1, 0.15) is 6.92 Å². The van der Waals surface area contributed by atoms with Crippen LogP contribution in [0.3, 0.4) is 0 Å². The number of ether oxygens (including phenoxy) is 1. The van der Waals surface area contributed by atoms with Gasteiger partial charge in [0.05, 0.1) is 0 Å². The molecule has 0 atom stereocenters. The lowest BCUT2D eigenvalue weighted by Crippen LogP contribution is -2.57. The van der Waals surface area contributed by atoms with E-state index < -0.39 is 0 Å². The van der Waals surface area contributed by atoms with Gasteiger partial charge in [-0.2, -0.15) is 0 Å². The predicted octanol–water partition coefficient (Wildman–Crippen LogP) is 1.50. The van der Waals surface area contributed by atoms with Gasteiger partial charge in [-0.1, -0.05) is 6.92 Å². The molecule has 3 nitrogen and oxygen atoms in total. The summed E-state index contributed by atoms with van der Waals surface area (Å²) in [5.74, 6) is 0.502. The quantitative estimate of drug-likeness (QED) is 0.813. The molecular weight excluding hydrogens is 219 g/mol. The molecule has 2 rings (SSSR count). The minimum absolute atomic E-state index is 0.229. The van der Waals surface area contributed by atoms with Crippen LogP contribution in [0.2, 0.25) is 0 Å². The van der Waals surface area contributed by atoms with Gasteiger partial charge in [0.1, 0.15) is 18.2 Å². The van der Waals surface area contributed by atoms with Gasteiger partial charge in [0, 0.05) is 25.7 Å². The molecule has 1 heterocycles. The molecule has 0 amide bonds. The van der Waals surface area contributed by atoms with E-state index in [0.717, 1.165) is 31.9 Å². The zero-order valence-corrected chi connectivity index (χ0v) is 10.2. The summed E-state index contributed by atoms with van der Waals surface area (Å²) >= 11 is 0. The highest BCUT2D eigenvalue weighted by Crippen LogP contribution is 2.11. The van der Waals surface area contributed by atoms with Crippen molar-refractivity contribution < 1.29 is 9.13 Å². The van der Waals surface area contributed by atoms with Crippen LogP contribution in [0.25, 0.3) is 0 Å². The molecule has 1 saturated heterocycles. The van der Waals surface area contributed by atoms with E-state index in [-0.39, 0.29) is 5.82 Å². The zero-order chi connectivity index (χ0) is 12.1. The van der Waals surface area contributed by atoms with Gasteiger partial charge in [0.2, 0.25) is 0 Å². The Labute approximate surface area is 102 Å². The van der Waals surface area contributed by atoms with Crippen molar-refractivity contribution >= 4 is 0 Å². The number of likely N-dealkylation sites (N-methyl/N-ethyl adjacent to an activating group) is 1. The summed E-state index contributed by atoms with van der Waals surface area (Å²) < 4.78 is 18.3. The highest BCUT2D eigenvalue weighted by molar-refractivity contribution is 5.21. The van der Waals surface area contributed by atoms with Crippen molar-refractivity contribution in [2.75, 3.05) is 32.8 Å². The van der Waals surface area contributed by atoms with Gasteiger partial charge in [-0.25, -0.2) is 4.39 Å². The molecule has 0 aliphatic carbocycles. The lowest BCUT2D eigenvalue weighted by Gasteiger charge is -2.37. The average Bonchev–Trinajstić information content (AvgIpc) is 2.28. The van der Waals surface area contributed by atoms with Crippen LogP contribution >= 0.6 is 0 Å². The zero-order valence-electron chi connectivity index (χ0n) is 10.2. The second-order valence-electron chi connectivity index (χ2n) is 4.24. The summed E-state index contributed by atoms with van der Waals surface area (Å²) in [5.41, 5.74) is 0. The number of nitrogens with one attached hydrogen (secondary N) is 1. The lowest BCUT2D eigenvalue weighted by molar-refractivity contribution is 0.128. The van der Waals surface area contributed by atoms with Crippen LogP contribution in [-0.2, 0) is 0 Å². The second kappa shape index (κ2) is 5.98. The summed E-state index contributed by atoms with van der Waals surface area (Å²) in [6.45, 7) is 6.92. The SMILES string of the molecule is CCN(CCOc1ccc(F)cc1)C1CNC1. The van der Waals surface area contributed by atoms with Crippen LogP contribution in [-0.4, -0.2) is 43.7 Å². The maximum atomic E-state index is 12.7. The van der Waals surface area contributed by atoms with Crippen molar-refractivity contribution in [2.24, 2.45) is 0 Å². The van der Waals surface area contributed by atoms with E-state index in [9.17, 15) is 4.39 Å². The van der Waals surface area contributed by atoms with Gasteiger partial charge in [0.15, 0.2) is 0 Å². The van der Waals surface area contributed by atoms with Crippen molar-refractivity contribution in [3.63, 3.8) is 0 Å². The highest BCUT2D eigenvalue weighted by Gasteiger charge is 2.22. The fraction of sp³-hybridized carbons (Fsp3) is 0.538. The molecule has 17 heavy (non-hydrogen) atoms. The Kier molecular flexibility index (Phi) is 4.34. The summed E-state index contributed by atoms with van der Waals surface area (Å²) in [5, 5.41) is 3.27. The monoisotopic (exact) mass is 238 g/mol. The molecule has 1 aliphatic rings. The third-order valence-electron chi connectivity index (χ3n) is 3.14. The molecule has 0 saturated carbocycles. The molecule has 1 aromatic carbocycles. The van der Waals surface area contributed by atoms with Crippen LogP contribution in [0, 0.1) is 5.82 Å². The lowest BCUT2D eigenvalue weighted by atomic mass is 10.1. The van der Waals surface area contributed by atoms with E-state index in [1.807, 2.05) is 0 Å². The normalized spacial score (nSPS) is 15.9. The minimum atomic E-state index is -0.229. The Bertz CT molecular complexity index is 338. The third kappa shape index (κ3) is 3.41. The van der Waals surface area contributed by atoms with Gasteiger partial charge >= 0.3 is 0 Å². The molecule has 1 fully saturated rings. The summed E-state index contributed by atoms with van der Waals surface area (Å²) in [6.07, 6.45) is 0. The number of halogens is 1. The Morgan fingerprint density at radius 2 is 2.06 bits per heavy atom. The first-order valence-electron chi connectivity index (χ1n) is 6.12. The molecule has 0 radical (unpaired) electrons. The fourth-order valence-electron chi connectivity index (χ4n) is 1.94.